The number of pyridine rings is 1. The quantitative estimate of drug-likeness (QED) is 0.302. The van der Waals surface area contributed by atoms with E-state index >= 15 is 0 Å². The number of nitrogens with one attached hydrogen (secondary N) is 2. The van der Waals surface area contributed by atoms with Gasteiger partial charge in [0.05, 0.1) is 12.8 Å². The number of hydrogen-bond donors (Lipinski definition) is 2. The zero-order valence-electron chi connectivity index (χ0n) is 16.6. The van der Waals surface area contributed by atoms with Crippen molar-refractivity contribution in [3.8, 4) is 5.75 Å². The molecule has 150 valence electrons. The molecule has 0 atom stereocenters. The van der Waals surface area contributed by atoms with E-state index in [0.29, 0.717) is 0 Å². The minimum atomic E-state index is 0. The van der Waals surface area contributed by atoms with Crippen LogP contribution in [0.3, 0.4) is 0 Å². The molecule has 2 N–H and O–H groups in total. The average molecular weight is 493 g/mol. The molecule has 0 radical (unpaired) electrons. The van der Waals surface area contributed by atoms with E-state index in [0.717, 1.165) is 49.0 Å². The van der Waals surface area contributed by atoms with Gasteiger partial charge in [-0.25, -0.2) is 4.98 Å². The van der Waals surface area contributed by atoms with Gasteiger partial charge in [-0.2, -0.15) is 0 Å². The number of imidazole rings is 1. The molecule has 3 rings (SSSR count). The normalized spacial score (nSPS) is 11.2. The predicted molar refractivity (Wildman–Crippen MR) is 125 cm³/mol. The molecule has 0 aliphatic rings. The fourth-order valence-electron chi connectivity index (χ4n) is 3.08. The fraction of sp³-hybridized carbons (Fsp3) is 0.333. The van der Waals surface area contributed by atoms with E-state index in [2.05, 4.69) is 45.3 Å². The molecular weight excluding hydrogens is 465 g/mol. The number of nitrogens with zero attached hydrogens (tertiary/aromatic N) is 3. The molecule has 3 aromatic rings. The molecule has 0 unspecified atom stereocenters. The number of fused-ring (bicyclic) bond motifs is 1. The topological polar surface area (TPSA) is 63.0 Å². The van der Waals surface area contributed by atoms with Gasteiger partial charge in [-0.15, -0.1) is 24.0 Å². The minimum Gasteiger partial charge on any atom is -0.496 e. The molecular formula is C21H28IN5O. The molecule has 0 aliphatic carbocycles. The Balaban J connectivity index is 0.00000280. The zero-order valence-corrected chi connectivity index (χ0v) is 18.9. The Kier molecular flexibility index (Phi) is 8.56. The highest BCUT2D eigenvalue weighted by atomic mass is 127. The lowest BCUT2D eigenvalue weighted by Gasteiger charge is -2.12. The van der Waals surface area contributed by atoms with E-state index in [9.17, 15) is 0 Å². The highest BCUT2D eigenvalue weighted by molar-refractivity contribution is 14.0. The average Bonchev–Trinajstić information content (AvgIpc) is 3.11. The predicted octanol–water partition coefficient (Wildman–Crippen LogP) is 3.22. The number of guanidine groups is 1. The van der Waals surface area contributed by atoms with Crippen LogP contribution in [-0.4, -0.2) is 42.6 Å². The summed E-state index contributed by atoms with van der Waals surface area (Å²) in [5, 5.41) is 6.70. The second-order valence-corrected chi connectivity index (χ2v) is 6.39. The van der Waals surface area contributed by atoms with Crippen molar-refractivity contribution < 1.29 is 4.74 Å². The lowest BCUT2D eigenvalue weighted by Crippen LogP contribution is -2.39. The van der Waals surface area contributed by atoms with Crippen LogP contribution in [0.2, 0.25) is 0 Å². The van der Waals surface area contributed by atoms with Crippen molar-refractivity contribution >= 4 is 35.6 Å². The van der Waals surface area contributed by atoms with E-state index in [4.69, 9.17) is 9.72 Å². The summed E-state index contributed by atoms with van der Waals surface area (Å²) in [5.41, 5.74) is 4.46. The number of aromatic nitrogens is 2. The first-order valence-corrected chi connectivity index (χ1v) is 9.21. The van der Waals surface area contributed by atoms with Crippen LogP contribution in [0.25, 0.3) is 5.65 Å². The Morgan fingerprint density at radius 1 is 1.11 bits per heavy atom. The molecule has 7 heteroatoms. The number of methoxy groups -OCH3 is 1. The van der Waals surface area contributed by atoms with Crippen LogP contribution in [0.4, 0.5) is 0 Å². The smallest absolute Gasteiger partial charge is 0.190 e. The molecule has 0 bridgehead atoms. The highest BCUT2D eigenvalue weighted by Gasteiger charge is 2.05. The first-order valence-electron chi connectivity index (χ1n) is 9.21. The maximum absolute atomic E-state index is 5.39. The summed E-state index contributed by atoms with van der Waals surface area (Å²) in [6, 6.07) is 12.2. The molecule has 0 fully saturated rings. The third-order valence-electron chi connectivity index (χ3n) is 4.50. The molecule has 0 saturated carbocycles. The van der Waals surface area contributed by atoms with Crippen LogP contribution in [0.5, 0.6) is 5.75 Å². The van der Waals surface area contributed by atoms with Gasteiger partial charge in [0, 0.05) is 39.0 Å². The van der Waals surface area contributed by atoms with E-state index in [1.807, 2.05) is 30.5 Å². The second-order valence-electron chi connectivity index (χ2n) is 6.39. The van der Waals surface area contributed by atoms with Crippen molar-refractivity contribution in [3.63, 3.8) is 0 Å². The number of ether oxygens (including phenoxy) is 1. The molecule has 1 aromatic carbocycles. The molecule has 0 amide bonds. The molecule has 0 spiro atoms. The Labute approximate surface area is 183 Å². The Hall–Kier alpha value is -2.29. The van der Waals surface area contributed by atoms with Crippen molar-refractivity contribution in [2.24, 2.45) is 4.99 Å². The molecule has 28 heavy (non-hydrogen) atoms. The molecule has 0 aliphatic heterocycles. The van der Waals surface area contributed by atoms with Gasteiger partial charge in [0.15, 0.2) is 5.96 Å². The van der Waals surface area contributed by atoms with Crippen LogP contribution >= 0.6 is 24.0 Å². The van der Waals surface area contributed by atoms with E-state index in [1.165, 1.54) is 11.1 Å². The van der Waals surface area contributed by atoms with Crippen molar-refractivity contribution in [1.29, 1.82) is 0 Å². The number of halogens is 1. The van der Waals surface area contributed by atoms with Crippen molar-refractivity contribution in [3.05, 3.63) is 65.6 Å². The SMILES string of the molecule is CN=C(NCCc1cn2cccc(C)c2n1)NCCc1ccccc1OC.I. The van der Waals surface area contributed by atoms with Gasteiger partial charge < -0.3 is 19.8 Å². The minimum absolute atomic E-state index is 0. The summed E-state index contributed by atoms with van der Waals surface area (Å²) in [7, 11) is 3.49. The number of rotatable bonds is 7. The Morgan fingerprint density at radius 3 is 2.57 bits per heavy atom. The summed E-state index contributed by atoms with van der Waals surface area (Å²) in [6.45, 7) is 3.64. The van der Waals surface area contributed by atoms with Gasteiger partial charge in [-0.05, 0) is 36.6 Å². The van der Waals surface area contributed by atoms with Gasteiger partial charge >= 0.3 is 0 Å². The monoisotopic (exact) mass is 493 g/mol. The maximum Gasteiger partial charge on any atom is 0.190 e. The van der Waals surface area contributed by atoms with Crippen molar-refractivity contribution in [2.45, 2.75) is 19.8 Å². The van der Waals surface area contributed by atoms with Gasteiger partial charge in [-0.1, -0.05) is 24.3 Å². The number of hydrogen-bond acceptors (Lipinski definition) is 3. The third kappa shape index (κ3) is 5.60. The highest BCUT2D eigenvalue weighted by Crippen LogP contribution is 2.17. The van der Waals surface area contributed by atoms with Gasteiger partial charge in [-0.3, -0.25) is 4.99 Å². The van der Waals surface area contributed by atoms with Gasteiger partial charge in [0.2, 0.25) is 0 Å². The Bertz CT molecular complexity index is 922. The molecule has 6 nitrogen and oxygen atoms in total. The standard InChI is InChI=1S/C21H27N5O.HI/c1-16-7-6-14-26-15-18(25-20(16)26)11-13-24-21(22-2)23-12-10-17-8-4-5-9-19(17)27-3;/h4-9,14-15H,10-13H2,1-3H3,(H2,22,23,24);1H. The summed E-state index contributed by atoms with van der Waals surface area (Å²) in [6.07, 6.45) is 5.83. The van der Waals surface area contributed by atoms with Crippen molar-refractivity contribution in [2.75, 3.05) is 27.2 Å². The summed E-state index contributed by atoms with van der Waals surface area (Å²) in [5.74, 6) is 1.72. The van der Waals surface area contributed by atoms with E-state index in [1.54, 1.807) is 14.2 Å². The van der Waals surface area contributed by atoms with Crippen LogP contribution in [0, 0.1) is 6.92 Å². The van der Waals surface area contributed by atoms with Gasteiger partial charge in [0.25, 0.3) is 0 Å². The van der Waals surface area contributed by atoms with E-state index in [-0.39, 0.29) is 24.0 Å². The summed E-state index contributed by atoms with van der Waals surface area (Å²) in [4.78, 5) is 8.99. The maximum atomic E-state index is 5.39. The molecule has 0 saturated heterocycles. The molecule has 2 heterocycles. The van der Waals surface area contributed by atoms with Crippen LogP contribution in [0.15, 0.2) is 53.8 Å². The lowest BCUT2D eigenvalue weighted by atomic mass is 10.1. The van der Waals surface area contributed by atoms with Crippen LogP contribution in [0.1, 0.15) is 16.8 Å². The number of aryl methyl sites for hydroxylation is 1. The number of para-hydroxylation sites is 1. The summed E-state index contributed by atoms with van der Waals surface area (Å²) < 4.78 is 7.47. The Morgan fingerprint density at radius 2 is 1.86 bits per heavy atom. The third-order valence-corrected chi connectivity index (χ3v) is 4.50. The van der Waals surface area contributed by atoms with Crippen LogP contribution in [-0.2, 0) is 12.8 Å². The summed E-state index contributed by atoms with van der Waals surface area (Å²) >= 11 is 0. The number of benzene rings is 1. The first kappa shape index (κ1) is 22.0. The lowest BCUT2D eigenvalue weighted by molar-refractivity contribution is 0.409. The second kappa shape index (κ2) is 10.9. The van der Waals surface area contributed by atoms with Crippen molar-refractivity contribution in [1.82, 2.24) is 20.0 Å². The van der Waals surface area contributed by atoms with E-state index < -0.39 is 0 Å². The van der Waals surface area contributed by atoms with Crippen LogP contribution < -0.4 is 15.4 Å². The number of aliphatic imine (C=N–C) groups is 1. The first-order chi connectivity index (χ1) is 13.2. The largest absolute Gasteiger partial charge is 0.496 e. The zero-order chi connectivity index (χ0) is 19.1. The van der Waals surface area contributed by atoms with Gasteiger partial charge in [0.1, 0.15) is 11.4 Å². The fourth-order valence-corrected chi connectivity index (χ4v) is 3.08. The molecule has 2 aromatic heterocycles.